The second kappa shape index (κ2) is 19.3. The van der Waals surface area contributed by atoms with E-state index >= 15 is 0 Å². The normalized spacial score (nSPS) is 14.2. The third kappa shape index (κ3) is 9.71. The van der Waals surface area contributed by atoms with Crippen LogP contribution in [-0.4, -0.2) is 46.7 Å². The Morgan fingerprint density at radius 2 is 1.65 bits per heavy atom. The van der Waals surface area contributed by atoms with Gasteiger partial charge in [-0.15, -0.1) is 0 Å². The number of fused-ring (bicyclic) bond motifs is 2. The van der Waals surface area contributed by atoms with Crippen LogP contribution in [0, 0.1) is 6.92 Å². The van der Waals surface area contributed by atoms with E-state index in [1.807, 2.05) is 60.0 Å². The zero-order chi connectivity index (χ0) is 45.3. The smallest absolute Gasteiger partial charge is 0.465 e. The Bertz CT molecular complexity index is 3320. The third-order valence-electron chi connectivity index (χ3n) is 10.1. The van der Waals surface area contributed by atoms with Crippen molar-refractivity contribution in [3.63, 3.8) is 0 Å². The number of benzene rings is 5. The van der Waals surface area contributed by atoms with Gasteiger partial charge in [0, 0.05) is 16.7 Å². The van der Waals surface area contributed by atoms with Crippen molar-refractivity contribution in [3.05, 3.63) is 175 Å². The van der Waals surface area contributed by atoms with Crippen LogP contribution < -0.4 is 83.1 Å². The number of sulfonamides is 1. The largest absolute Gasteiger partial charge is 1.00 e. The molecule has 4 heterocycles. The Morgan fingerprint density at radius 1 is 0.938 bits per heavy atom. The van der Waals surface area contributed by atoms with Crippen molar-refractivity contribution in [1.82, 2.24) is 25.0 Å². The van der Waals surface area contributed by atoms with Gasteiger partial charge in [0.05, 0.1) is 34.8 Å². The maximum atomic E-state index is 13.2. The van der Waals surface area contributed by atoms with Gasteiger partial charge in [-0.1, -0.05) is 90.5 Å². The average molecular weight is 945 g/mol. The van der Waals surface area contributed by atoms with E-state index < -0.39 is 39.2 Å². The van der Waals surface area contributed by atoms with Crippen LogP contribution in [0.25, 0.3) is 33.5 Å². The number of aryl methyl sites for hydroxylation is 1. The van der Waals surface area contributed by atoms with Crippen molar-refractivity contribution in [2.45, 2.75) is 37.6 Å². The number of carbonyl (C=O) groups excluding carboxylic acids is 2. The number of nitrogens with one attached hydrogen (secondary N) is 1. The van der Waals surface area contributed by atoms with Gasteiger partial charge < -0.3 is 38.2 Å². The number of hydrogen-bond acceptors (Lipinski definition) is 14. The van der Waals surface area contributed by atoms with Gasteiger partial charge in [0.1, 0.15) is 4.90 Å². The second-order valence-corrected chi connectivity index (χ2v) is 16.1. The van der Waals surface area contributed by atoms with E-state index in [2.05, 4.69) is 25.0 Å². The standard InChI is InChI=1S/C30H24N4O8.C14H11ClN2O4S.K/c1-3-38-28-31-23-10-6-9-22(27(35)39-16-24-17(2)40-30(37)41-24)25(23)34(28)15-18-11-13-19(14-12-18)20-7-4-5-8-21(20)26-32-29(36)42-33-26;15-11-6-5-8(7-12(11)22(16,20)21)14(19)10-4-2-1-3-9(10)13(18)17-14;/h4-14H,3,15-16H2,1-2H3,(H,32,33,36);1-7,19H,(H,17,18)(H2,16,20,21);/q;;+1/p-1. The number of nitrogens with zero attached hydrogens (tertiary/aromatic N) is 4. The fraction of sp³-hybridized carbons (Fsp3) is 0.136. The Morgan fingerprint density at radius 3 is 2.31 bits per heavy atom. The Kier molecular flexibility index (Phi) is 13.9. The van der Waals surface area contributed by atoms with Crippen molar-refractivity contribution in [3.8, 4) is 28.5 Å². The molecule has 0 spiro atoms. The van der Waals surface area contributed by atoms with Crippen molar-refractivity contribution >= 4 is 44.5 Å². The number of nitrogens with two attached hydrogens (primary N) is 1. The van der Waals surface area contributed by atoms with Gasteiger partial charge in [-0.2, -0.15) is 4.98 Å². The minimum atomic E-state index is -4.06. The van der Waals surface area contributed by atoms with Crippen molar-refractivity contribution in [2.75, 3.05) is 6.61 Å². The van der Waals surface area contributed by atoms with Gasteiger partial charge in [0.2, 0.25) is 10.0 Å². The molecule has 65 heavy (non-hydrogen) atoms. The summed E-state index contributed by atoms with van der Waals surface area (Å²) in [5.41, 5.74) is 3.65. The summed E-state index contributed by atoms with van der Waals surface area (Å²) in [5.74, 6) is -2.09. The molecule has 0 bridgehead atoms. The summed E-state index contributed by atoms with van der Waals surface area (Å²) in [5, 5.41) is 22.1. The first kappa shape index (κ1) is 47.0. The van der Waals surface area contributed by atoms with Crippen molar-refractivity contribution in [2.24, 2.45) is 5.14 Å². The van der Waals surface area contributed by atoms with Crippen LogP contribution >= 0.6 is 11.6 Å². The maximum absolute atomic E-state index is 13.2. The summed E-state index contributed by atoms with van der Waals surface area (Å²) in [6, 6.07) is 31.1. The van der Waals surface area contributed by atoms with Gasteiger partial charge >= 0.3 is 68.9 Å². The molecule has 5 aromatic carbocycles. The summed E-state index contributed by atoms with van der Waals surface area (Å²) in [6.07, 6.45) is 0. The number of amides is 1. The summed E-state index contributed by atoms with van der Waals surface area (Å²) >= 11 is 5.83. The minimum Gasteiger partial charge on any atom is -0.465 e. The van der Waals surface area contributed by atoms with Crippen LogP contribution in [0.4, 0.5) is 0 Å². The fourth-order valence-corrected chi connectivity index (χ4v) is 8.19. The van der Waals surface area contributed by atoms with E-state index in [4.69, 9.17) is 35.0 Å². The molecule has 8 aromatic rings. The Hall–Kier alpha value is -5.94. The maximum Gasteiger partial charge on any atom is 1.00 e. The fourth-order valence-electron chi connectivity index (χ4n) is 7.12. The summed E-state index contributed by atoms with van der Waals surface area (Å²) in [4.78, 5) is 56.1. The molecule has 1 unspecified atom stereocenters. The molecule has 1 atom stereocenters. The molecular formula is C44H34ClKN6O12S. The van der Waals surface area contributed by atoms with E-state index in [1.54, 1.807) is 49.4 Å². The molecule has 1 aliphatic rings. The SMILES string of the molecule is CCOc1nc2cccc(C(=O)OCc3oc(=O)oc3C)c2n1Cc1ccc(-c2ccccc2-c2noc(=O)[n-]2)cc1.NS(=O)(=O)c1cc(C2(O)NC(=O)c3ccccc32)ccc1Cl.[K+]. The van der Waals surface area contributed by atoms with Gasteiger partial charge in [0.25, 0.3) is 11.9 Å². The summed E-state index contributed by atoms with van der Waals surface area (Å²) < 4.78 is 50.6. The minimum absolute atomic E-state index is 0. The molecule has 0 aliphatic carbocycles. The Labute approximate surface area is 415 Å². The van der Waals surface area contributed by atoms with Crippen LogP contribution in [0.2, 0.25) is 5.02 Å². The molecule has 21 heteroatoms. The van der Waals surface area contributed by atoms with E-state index in [0.29, 0.717) is 46.9 Å². The van der Waals surface area contributed by atoms with Crippen LogP contribution in [0.5, 0.6) is 6.01 Å². The zero-order valence-corrected chi connectivity index (χ0v) is 39.3. The van der Waals surface area contributed by atoms with E-state index in [9.17, 15) is 32.7 Å². The quantitative estimate of drug-likeness (QED) is 0.124. The molecule has 1 aliphatic heterocycles. The number of carbonyl (C=O) groups is 2. The molecule has 0 radical (unpaired) electrons. The molecule has 326 valence electrons. The molecule has 1 amide bonds. The number of aromatic nitrogens is 4. The molecular weight excluding hydrogens is 911 g/mol. The zero-order valence-electron chi connectivity index (χ0n) is 34.6. The number of primary sulfonamides is 1. The second-order valence-electron chi connectivity index (χ2n) is 14.1. The molecule has 0 saturated heterocycles. The van der Waals surface area contributed by atoms with Crippen LogP contribution in [0.1, 0.15) is 55.9 Å². The number of ether oxygens (including phenoxy) is 2. The number of halogens is 1. The van der Waals surface area contributed by atoms with Gasteiger partial charge in [-0.3, -0.25) is 14.5 Å². The first-order valence-corrected chi connectivity index (χ1v) is 21.1. The van der Waals surface area contributed by atoms with Gasteiger partial charge in [0.15, 0.2) is 23.9 Å². The molecule has 9 rings (SSSR count). The summed E-state index contributed by atoms with van der Waals surface area (Å²) in [7, 11) is -4.06. The third-order valence-corrected chi connectivity index (χ3v) is 11.5. The first-order chi connectivity index (χ1) is 30.6. The van der Waals surface area contributed by atoms with Crippen LogP contribution in [0.3, 0.4) is 0 Å². The predicted molar refractivity (Wildman–Crippen MR) is 228 cm³/mol. The van der Waals surface area contributed by atoms with Crippen molar-refractivity contribution < 1.29 is 97.3 Å². The summed E-state index contributed by atoms with van der Waals surface area (Å²) in [6.45, 7) is 3.86. The van der Waals surface area contributed by atoms with E-state index in [1.165, 1.54) is 12.1 Å². The number of aliphatic hydroxyl groups is 1. The molecule has 4 N–H and O–H groups in total. The number of esters is 1. The van der Waals surface area contributed by atoms with E-state index in [-0.39, 0.29) is 96.4 Å². The number of para-hydroxylation sites is 1. The molecule has 3 aromatic heterocycles. The van der Waals surface area contributed by atoms with Gasteiger partial charge in [-0.25, -0.2) is 27.9 Å². The topological polar surface area (TPSA) is 263 Å². The number of rotatable bonds is 11. The monoisotopic (exact) mass is 944 g/mol. The number of imidazole rings is 1. The molecule has 18 nitrogen and oxygen atoms in total. The number of hydrogen-bond donors (Lipinski definition) is 3. The molecule has 0 fully saturated rings. The van der Waals surface area contributed by atoms with Crippen LogP contribution in [-0.2, 0) is 33.6 Å². The Balaban J connectivity index is 0.000000231. The van der Waals surface area contributed by atoms with Crippen molar-refractivity contribution in [1.29, 1.82) is 0 Å². The van der Waals surface area contributed by atoms with Gasteiger partial charge in [-0.05, 0) is 72.3 Å². The first-order valence-electron chi connectivity index (χ1n) is 19.2. The van der Waals surface area contributed by atoms with Crippen LogP contribution in [0.15, 0.2) is 137 Å². The molecule has 0 saturated carbocycles. The average Bonchev–Trinajstić information content (AvgIpc) is 4.03. The predicted octanol–water partition coefficient (Wildman–Crippen LogP) is 2.26. The van der Waals surface area contributed by atoms with E-state index in [0.717, 1.165) is 22.8 Å².